The predicted molar refractivity (Wildman–Crippen MR) is 72.5 cm³/mol. The number of anilines is 1. The Kier molecular flexibility index (Phi) is 4.53. The molecular formula is C14H23N3O. The lowest BCUT2D eigenvalue weighted by atomic mass is 9.80. The Balaban J connectivity index is 1.93. The van der Waals surface area contributed by atoms with Crippen LogP contribution in [0.15, 0.2) is 6.07 Å². The van der Waals surface area contributed by atoms with Crippen molar-refractivity contribution in [2.24, 2.45) is 11.8 Å². The van der Waals surface area contributed by atoms with Gasteiger partial charge in [-0.1, -0.05) is 12.8 Å². The van der Waals surface area contributed by atoms with Gasteiger partial charge in [-0.2, -0.15) is 0 Å². The van der Waals surface area contributed by atoms with Gasteiger partial charge in [0.15, 0.2) is 0 Å². The lowest BCUT2D eigenvalue weighted by Gasteiger charge is -2.30. The predicted octanol–water partition coefficient (Wildman–Crippen LogP) is 2.30. The zero-order valence-electron chi connectivity index (χ0n) is 11.3. The molecule has 1 fully saturated rings. The van der Waals surface area contributed by atoms with Crippen LogP contribution in [0.25, 0.3) is 0 Å². The van der Waals surface area contributed by atoms with Crippen LogP contribution in [-0.4, -0.2) is 28.2 Å². The highest BCUT2D eigenvalue weighted by Gasteiger charge is 2.24. The number of hydrogen-bond acceptors (Lipinski definition) is 4. The largest absolute Gasteiger partial charge is 0.396 e. The maximum absolute atomic E-state index is 9.39. The van der Waals surface area contributed by atoms with E-state index in [1.807, 2.05) is 19.9 Å². The second-order valence-electron chi connectivity index (χ2n) is 5.34. The van der Waals surface area contributed by atoms with Gasteiger partial charge in [0.1, 0.15) is 0 Å². The van der Waals surface area contributed by atoms with Crippen molar-refractivity contribution in [2.45, 2.75) is 39.5 Å². The van der Waals surface area contributed by atoms with E-state index >= 15 is 0 Å². The first-order chi connectivity index (χ1) is 8.69. The standard InChI is InChI=1S/C14H23N3O/c1-10-7-11(2)17-14(16-10)15-8-12-5-3-4-6-13(12)9-18/h7,12-13,18H,3-6,8-9H2,1-2H3,(H,15,16,17). The number of hydrogen-bond donors (Lipinski definition) is 2. The minimum absolute atomic E-state index is 0.306. The Morgan fingerprint density at radius 1 is 1.17 bits per heavy atom. The molecule has 1 heterocycles. The third kappa shape index (κ3) is 3.42. The molecule has 0 bridgehead atoms. The van der Waals surface area contributed by atoms with Crippen molar-refractivity contribution >= 4 is 5.95 Å². The Labute approximate surface area is 109 Å². The molecule has 0 radical (unpaired) electrons. The van der Waals surface area contributed by atoms with E-state index in [2.05, 4.69) is 15.3 Å². The molecule has 1 aromatic heterocycles. The third-order valence-electron chi connectivity index (χ3n) is 3.81. The molecule has 2 rings (SSSR count). The van der Waals surface area contributed by atoms with Gasteiger partial charge in [-0.3, -0.25) is 0 Å². The zero-order valence-corrected chi connectivity index (χ0v) is 11.3. The van der Waals surface area contributed by atoms with Gasteiger partial charge in [0.2, 0.25) is 5.95 Å². The van der Waals surface area contributed by atoms with Crippen LogP contribution in [0.2, 0.25) is 0 Å². The fraction of sp³-hybridized carbons (Fsp3) is 0.714. The fourth-order valence-electron chi connectivity index (χ4n) is 2.82. The molecule has 4 heteroatoms. The van der Waals surface area contributed by atoms with Gasteiger partial charge in [-0.25, -0.2) is 9.97 Å². The van der Waals surface area contributed by atoms with Crippen LogP contribution in [0.3, 0.4) is 0 Å². The molecule has 2 N–H and O–H groups in total. The average molecular weight is 249 g/mol. The van der Waals surface area contributed by atoms with Gasteiger partial charge in [0.05, 0.1) is 0 Å². The van der Waals surface area contributed by atoms with Crippen molar-refractivity contribution in [1.82, 2.24) is 9.97 Å². The quantitative estimate of drug-likeness (QED) is 0.859. The number of nitrogens with zero attached hydrogens (tertiary/aromatic N) is 2. The van der Waals surface area contributed by atoms with Crippen molar-refractivity contribution in [1.29, 1.82) is 0 Å². The molecule has 100 valence electrons. The molecule has 1 saturated carbocycles. The summed E-state index contributed by atoms with van der Waals surface area (Å²) in [6.07, 6.45) is 4.87. The smallest absolute Gasteiger partial charge is 0.223 e. The minimum atomic E-state index is 0.306. The normalized spacial score (nSPS) is 23.9. The summed E-state index contributed by atoms with van der Waals surface area (Å²) in [7, 11) is 0. The van der Waals surface area contributed by atoms with Crippen LogP contribution in [0.1, 0.15) is 37.1 Å². The second kappa shape index (κ2) is 6.14. The van der Waals surface area contributed by atoms with Gasteiger partial charge in [-0.15, -0.1) is 0 Å². The maximum Gasteiger partial charge on any atom is 0.223 e. The Morgan fingerprint density at radius 2 is 1.78 bits per heavy atom. The first-order valence-electron chi connectivity index (χ1n) is 6.86. The second-order valence-corrected chi connectivity index (χ2v) is 5.34. The van der Waals surface area contributed by atoms with E-state index in [0.29, 0.717) is 18.4 Å². The van der Waals surface area contributed by atoms with Crippen LogP contribution in [0, 0.1) is 25.7 Å². The molecule has 1 aromatic rings. The SMILES string of the molecule is Cc1cc(C)nc(NCC2CCCCC2CO)n1. The van der Waals surface area contributed by atoms with Gasteiger partial charge < -0.3 is 10.4 Å². The monoisotopic (exact) mass is 249 g/mol. The maximum atomic E-state index is 9.39. The molecule has 4 nitrogen and oxygen atoms in total. The van der Waals surface area contributed by atoms with E-state index in [1.54, 1.807) is 0 Å². The average Bonchev–Trinajstić information content (AvgIpc) is 2.35. The first kappa shape index (κ1) is 13.3. The molecule has 0 aliphatic heterocycles. The number of aryl methyl sites for hydroxylation is 2. The zero-order chi connectivity index (χ0) is 13.0. The minimum Gasteiger partial charge on any atom is -0.396 e. The van der Waals surface area contributed by atoms with E-state index in [4.69, 9.17) is 0 Å². The number of aromatic nitrogens is 2. The van der Waals surface area contributed by atoms with Crippen LogP contribution >= 0.6 is 0 Å². The molecule has 1 aliphatic carbocycles. The highest BCUT2D eigenvalue weighted by atomic mass is 16.3. The van der Waals surface area contributed by atoms with E-state index in [-0.39, 0.29) is 0 Å². The van der Waals surface area contributed by atoms with Crippen LogP contribution in [-0.2, 0) is 0 Å². The molecular weight excluding hydrogens is 226 g/mol. The van der Waals surface area contributed by atoms with Gasteiger partial charge >= 0.3 is 0 Å². The number of aliphatic hydroxyl groups is 1. The Bertz CT molecular complexity index is 374. The Hall–Kier alpha value is -1.16. The summed E-state index contributed by atoms with van der Waals surface area (Å²) in [5.41, 5.74) is 1.99. The molecule has 0 spiro atoms. The highest BCUT2D eigenvalue weighted by molar-refractivity contribution is 5.27. The van der Waals surface area contributed by atoms with Crippen molar-refractivity contribution in [2.75, 3.05) is 18.5 Å². The number of nitrogens with one attached hydrogen (secondary N) is 1. The van der Waals surface area contributed by atoms with Gasteiger partial charge in [0, 0.05) is 24.5 Å². The Morgan fingerprint density at radius 3 is 2.39 bits per heavy atom. The van der Waals surface area contributed by atoms with Gasteiger partial charge in [0.25, 0.3) is 0 Å². The van der Waals surface area contributed by atoms with E-state index in [1.165, 1.54) is 19.3 Å². The van der Waals surface area contributed by atoms with Crippen molar-refractivity contribution in [3.05, 3.63) is 17.5 Å². The summed E-state index contributed by atoms with van der Waals surface area (Å²) in [5.74, 6) is 1.71. The fourth-order valence-corrected chi connectivity index (χ4v) is 2.82. The molecule has 18 heavy (non-hydrogen) atoms. The molecule has 0 amide bonds. The number of rotatable bonds is 4. The summed E-state index contributed by atoms with van der Waals surface area (Å²) >= 11 is 0. The summed E-state index contributed by atoms with van der Waals surface area (Å²) in [5, 5.41) is 12.7. The number of aliphatic hydroxyl groups excluding tert-OH is 1. The van der Waals surface area contributed by atoms with Crippen molar-refractivity contribution in [3.8, 4) is 0 Å². The van der Waals surface area contributed by atoms with Gasteiger partial charge in [-0.05, 0) is 44.6 Å². The van der Waals surface area contributed by atoms with Crippen LogP contribution in [0.4, 0.5) is 5.95 Å². The summed E-state index contributed by atoms with van der Waals surface area (Å²) in [4.78, 5) is 8.77. The summed E-state index contributed by atoms with van der Waals surface area (Å²) in [6, 6.07) is 1.97. The van der Waals surface area contributed by atoms with E-state index in [0.717, 1.165) is 30.3 Å². The summed E-state index contributed by atoms with van der Waals surface area (Å²) in [6.45, 7) is 5.14. The van der Waals surface area contributed by atoms with Crippen LogP contribution in [0.5, 0.6) is 0 Å². The topological polar surface area (TPSA) is 58.0 Å². The lowest BCUT2D eigenvalue weighted by Crippen LogP contribution is -2.29. The van der Waals surface area contributed by atoms with Crippen LogP contribution < -0.4 is 5.32 Å². The van der Waals surface area contributed by atoms with Crippen molar-refractivity contribution < 1.29 is 5.11 Å². The first-order valence-corrected chi connectivity index (χ1v) is 6.86. The molecule has 2 unspecified atom stereocenters. The van der Waals surface area contributed by atoms with Crippen molar-refractivity contribution in [3.63, 3.8) is 0 Å². The molecule has 2 atom stereocenters. The third-order valence-corrected chi connectivity index (χ3v) is 3.81. The molecule has 0 aromatic carbocycles. The van der Waals surface area contributed by atoms with E-state index in [9.17, 15) is 5.11 Å². The summed E-state index contributed by atoms with van der Waals surface area (Å²) < 4.78 is 0. The molecule has 0 saturated heterocycles. The lowest BCUT2D eigenvalue weighted by molar-refractivity contribution is 0.141. The molecule has 1 aliphatic rings. The van der Waals surface area contributed by atoms with E-state index < -0.39 is 0 Å². The highest BCUT2D eigenvalue weighted by Crippen LogP contribution is 2.29.